The topological polar surface area (TPSA) is 82.6 Å². The van der Waals surface area contributed by atoms with Crippen LogP contribution in [0.1, 0.15) is 36.1 Å². The molecule has 0 N–H and O–H groups in total. The summed E-state index contributed by atoms with van der Waals surface area (Å²) in [5.74, 6) is 1.06. The highest BCUT2D eigenvalue weighted by molar-refractivity contribution is 5.92. The zero-order valence-electron chi connectivity index (χ0n) is 15.1. The molecule has 0 unspecified atom stereocenters. The highest BCUT2D eigenvalue weighted by Crippen LogP contribution is 2.25. The molecule has 0 radical (unpaired) electrons. The molecule has 0 spiro atoms. The summed E-state index contributed by atoms with van der Waals surface area (Å²) in [6.45, 7) is 6.25. The Kier molecular flexibility index (Phi) is 4.78. The molecule has 2 aromatic heterocycles. The average molecular weight is 360 g/mol. The van der Waals surface area contributed by atoms with Gasteiger partial charge in [0, 0.05) is 38.0 Å². The monoisotopic (exact) mass is 360 g/mol. The second-order valence-electron chi connectivity index (χ2n) is 7.37. The zero-order valence-corrected chi connectivity index (χ0v) is 15.1. The fraction of sp³-hybridized carbons (Fsp3) is 0.611. The Balaban J connectivity index is 1.37. The Labute approximate surface area is 152 Å². The maximum absolute atomic E-state index is 12.7. The third-order valence-electron chi connectivity index (χ3n) is 4.79. The molecule has 2 aliphatic heterocycles. The van der Waals surface area contributed by atoms with Gasteiger partial charge in [-0.1, -0.05) is 19.0 Å². The predicted octanol–water partition coefficient (Wildman–Crippen LogP) is 1.55. The van der Waals surface area contributed by atoms with Gasteiger partial charge in [-0.3, -0.25) is 9.48 Å². The Morgan fingerprint density at radius 1 is 1.27 bits per heavy atom. The minimum Gasteiger partial charge on any atom is -0.371 e. The Hall–Kier alpha value is -2.19. The first kappa shape index (κ1) is 17.2. The zero-order chi connectivity index (χ0) is 18.1. The molecule has 2 atom stereocenters. The number of carbonyl (C=O) groups is 1. The van der Waals surface area contributed by atoms with Crippen LogP contribution in [0.15, 0.2) is 29.0 Å². The summed E-state index contributed by atoms with van der Waals surface area (Å²) in [5, 5.41) is 8.19. The van der Waals surface area contributed by atoms with Gasteiger partial charge < -0.3 is 18.9 Å². The summed E-state index contributed by atoms with van der Waals surface area (Å²) >= 11 is 0. The number of ether oxygens (including phenoxy) is 2. The SMILES string of the molecule is CC(C)Cc1cc(C(=O)N2C[C@@H]3OCC(n4cccn4)CO[C@H]3C2)no1. The van der Waals surface area contributed by atoms with Crippen molar-refractivity contribution in [1.82, 2.24) is 19.8 Å². The third kappa shape index (κ3) is 3.52. The van der Waals surface area contributed by atoms with Gasteiger partial charge in [0.25, 0.3) is 5.91 Å². The maximum atomic E-state index is 12.7. The second kappa shape index (κ2) is 7.20. The number of fused-ring (bicyclic) bond motifs is 1. The van der Waals surface area contributed by atoms with Crippen molar-refractivity contribution < 1.29 is 18.8 Å². The quantitative estimate of drug-likeness (QED) is 0.823. The highest BCUT2D eigenvalue weighted by Gasteiger charge is 2.40. The molecule has 2 aliphatic rings. The number of hydrogen-bond donors (Lipinski definition) is 0. The molecule has 8 nitrogen and oxygen atoms in total. The molecule has 4 heterocycles. The summed E-state index contributed by atoms with van der Waals surface area (Å²) in [6.07, 6.45) is 4.18. The van der Waals surface area contributed by atoms with Crippen LogP contribution in [-0.2, 0) is 15.9 Å². The number of hydrogen-bond acceptors (Lipinski definition) is 6. The smallest absolute Gasteiger partial charge is 0.276 e. The molecule has 0 bridgehead atoms. The van der Waals surface area contributed by atoms with Crippen LogP contribution in [0.4, 0.5) is 0 Å². The molecule has 26 heavy (non-hydrogen) atoms. The summed E-state index contributed by atoms with van der Waals surface area (Å²) in [6, 6.07) is 3.69. The van der Waals surface area contributed by atoms with Crippen molar-refractivity contribution in [2.75, 3.05) is 26.3 Å². The third-order valence-corrected chi connectivity index (χ3v) is 4.79. The average Bonchev–Trinajstić information content (AvgIpc) is 3.34. The summed E-state index contributed by atoms with van der Waals surface area (Å²) in [7, 11) is 0. The van der Waals surface area contributed by atoms with Gasteiger partial charge in [0.15, 0.2) is 5.69 Å². The predicted molar refractivity (Wildman–Crippen MR) is 91.7 cm³/mol. The van der Waals surface area contributed by atoms with Crippen molar-refractivity contribution >= 4 is 5.91 Å². The second-order valence-corrected chi connectivity index (χ2v) is 7.37. The first-order valence-electron chi connectivity index (χ1n) is 9.07. The molecule has 0 aromatic carbocycles. The Morgan fingerprint density at radius 3 is 2.62 bits per heavy atom. The molecule has 2 saturated heterocycles. The van der Waals surface area contributed by atoms with Crippen molar-refractivity contribution in [2.45, 2.75) is 38.5 Å². The van der Waals surface area contributed by atoms with Crippen LogP contribution in [0.5, 0.6) is 0 Å². The van der Waals surface area contributed by atoms with Crippen molar-refractivity contribution in [3.8, 4) is 0 Å². The van der Waals surface area contributed by atoms with Gasteiger partial charge in [-0.2, -0.15) is 5.10 Å². The van der Waals surface area contributed by atoms with Gasteiger partial charge >= 0.3 is 0 Å². The van der Waals surface area contributed by atoms with Gasteiger partial charge in [0.2, 0.25) is 0 Å². The van der Waals surface area contributed by atoms with Gasteiger partial charge in [-0.15, -0.1) is 0 Å². The van der Waals surface area contributed by atoms with E-state index in [0.717, 1.165) is 12.2 Å². The molecule has 2 fully saturated rings. The normalized spacial score (nSPS) is 24.0. The number of carbonyl (C=O) groups excluding carboxylic acids is 1. The van der Waals surface area contributed by atoms with Crippen molar-refractivity contribution in [3.63, 3.8) is 0 Å². The van der Waals surface area contributed by atoms with Crippen molar-refractivity contribution in [1.29, 1.82) is 0 Å². The Bertz CT molecular complexity index is 726. The Morgan fingerprint density at radius 2 is 2.00 bits per heavy atom. The van der Waals surface area contributed by atoms with E-state index < -0.39 is 0 Å². The molecular weight excluding hydrogens is 336 g/mol. The van der Waals surface area contributed by atoms with Gasteiger partial charge in [0.1, 0.15) is 18.0 Å². The summed E-state index contributed by atoms with van der Waals surface area (Å²) in [4.78, 5) is 14.4. The summed E-state index contributed by atoms with van der Waals surface area (Å²) in [5.41, 5.74) is 0.353. The largest absolute Gasteiger partial charge is 0.371 e. The van der Waals surface area contributed by atoms with E-state index in [1.807, 2.05) is 16.9 Å². The van der Waals surface area contributed by atoms with Crippen LogP contribution in [-0.4, -0.2) is 64.3 Å². The van der Waals surface area contributed by atoms with Crippen LogP contribution in [0.3, 0.4) is 0 Å². The lowest BCUT2D eigenvalue weighted by atomic mass is 10.1. The van der Waals surface area contributed by atoms with E-state index in [-0.39, 0.29) is 24.2 Å². The molecular formula is C18H24N4O4. The van der Waals surface area contributed by atoms with Crippen LogP contribution in [0.25, 0.3) is 0 Å². The molecule has 140 valence electrons. The first-order valence-corrected chi connectivity index (χ1v) is 9.07. The lowest BCUT2D eigenvalue weighted by Crippen LogP contribution is -2.31. The standard InChI is InChI=1S/C18H24N4O4/c1-12(2)6-14-7-15(20-26-14)18(23)21-8-16-17(9-21)25-11-13(10-24-16)22-5-3-4-19-22/h3-5,7,12-13,16-17H,6,8-11H2,1-2H3/t16-,17-/m0/s1. The minimum atomic E-state index is -0.132. The highest BCUT2D eigenvalue weighted by atomic mass is 16.6. The number of aromatic nitrogens is 3. The van der Waals surface area contributed by atoms with E-state index in [4.69, 9.17) is 14.0 Å². The van der Waals surface area contributed by atoms with Crippen molar-refractivity contribution in [3.05, 3.63) is 36.0 Å². The minimum absolute atomic E-state index is 0.0638. The van der Waals surface area contributed by atoms with Crippen molar-refractivity contribution in [2.24, 2.45) is 5.92 Å². The van der Waals surface area contributed by atoms with Crippen LogP contribution < -0.4 is 0 Å². The fourth-order valence-electron chi connectivity index (χ4n) is 3.47. The first-order chi connectivity index (χ1) is 12.6. The molecule has 4 rings (SSSR count). The lowest BCUT2D eigenvalue weighted by Gasteiger charge is -2.18. The van der Waals surface area contributed by atoms with Gasteiger partial charge in [-0.25, -0.2) is 0 Å². The lowest BCUT2D eigenvalue weighted by molar-refractivity contribution is -0.00461. The summed E-state index contributed by atoms with van der Waals surface area (Å²) < 4.78 is 19.2. The molecule has 2 aromatic rings. The van der Waals surface area contributed by atoms with E-state index >= 15 is 0 Å². The molecule has 0 aliphatic carbocycles. The molecule has 8 heteroatoms. The van der Waals surface area contributed by atoms with Gasteiger partial charge in [-0.05, 0) is 12.0 Å². The van der Waals surface area contributed by atoms with Gasteiger partial charge in [0.05, 0.1) is 19.3 Å². The van der Waals surface area contributed by atoms with E-state index in [2.05, 4.69) is 24.1 Å². The molecule has 1 amide bonds. The fourth-order valence-corrected chi connectivity index (χ4v) is 3.47. The van der Waals surface area contributed by atoms with Crippen LogP contribution in [0.2, 0.25) is 0 Å². The van der Waals surface area contributed by atoms with E-state index in [0.29, 0.717) is 37.9 Å². The van der Waals surface area contributed by atoms with Crippen LogP contribution in [0, 0.1) is 5.92 Å². The number of likely N-dealkylation sites (tertiary alicyclic amines) is 1. The number of amides is 1. The van der Waals surface area contributed by atoms with Crippen LogP contribution >= 0.6 is 0 Å². The number of rotatable bonds is 4. The van der Waals surface area contributed by atoms with E-state index in [9.17, 15) is 4.79 Å². The number of nitrogens with zero attached hydrogens (tertiary/aromatic N) is 4. The van der Waals surface area contributed by atoms with E-state index in [1.165, 1.54) is 0 Å². The van der Waals surface area contributed by atoms with E-state index in [1.54, 1.807) is 17.2 Å². The maximum Gasteiger partial charge on any atom is 0.276 e. The molecule has 0 saturated carbocycles.